The lowest BCUT2D eigenvalue weighted by molar-refractivity contribution is 0.210. The number of alkyl halides is 1. The van der Waals surface area contributed by atoms with Crippen molar-refractivity contribution in [2.24, 2.45) is 0 Å². The molecule has 1 aromatic carbocycles. The molecule has 1 saturated heterocycles. The van der Waals surface area contributed by atoms with E-state index in [1.165, 1.54) is 0 Å². The van der Waals surface area contributed by atoms with Crippen molar-refractivity contribution in [2.75, 3.05) is 38.8 Å². The van der Waals surface area contributed by atoms with Crippen molar-refractivity contribution in [1.29, 1.82) is 0 Å². The van der Waals surface area contributed by atoms with E-state index in [2.05, 4.69) is 27.1 Å². The first-order chi connectivity index (χ1) is 13.7. The lowest BCUT2D eigenvalue weighted by Crippen LogP contribution is -2.39. The van der Waals surface area contributed by atoms with Gasteiger partial charge in [-0.3, -0.25) is 4.90 Å². The lowest BCUT2D eigenvalue weighted by atomic mass is 10.0. The highest BCUT2D eigenvalue weighted by atomic mass is 19.1. The molecule has 1 aliphatic heterocycles. The number of aromatic nitrogens is 2. The predicted octanol–water partition coefficient (Wildman–Crippen LogP) is 3.47. The number of methoxy groups -OCH3 is 1. The molecule has 28 heavy (non-hydrogen) atoms. The van der Waals surface area contributed by atoms with E-state index in [0.717, 1.165) is 50.0 Å². The molecule has 0 amide bonds. The molecule has 152 valence electrons. The third-order valence-electron chi connectivity index (χ3n) is 5.00. The van der Waals surface area contributed by atoms with Crippen LogP contribution in [0.3, 0.4) is 0 Å². The molecule has 1 aliphatic rings. The molecule has 6 nitrogen and oxygen atoms in total. The Labute approximate surface area is 166 Å². The molecule has 1 fully saturated rings. The van der Waals surface area contributed by atoms with Gasteiger partial charge in [0.05, 0.1) is 7.11 Å². The zero-order valence-electron chi connectivity index (χ0n) is 16.7. The van der Waals surface area contributed by atoms with Gasteiger partial charge in [-0.05, 0) is 42.5 Å². The summed E-state index contributed by atoms with van der Waals surface area (Å²) in [7, 11) is 1.59. The van der Waals surface area contributed by atoms with Crippen LogP contribution in [0.4, 0.5) is 10.3 Å². The number of rotatable bonds is 9. The van der Waals surface area contributed by atoms with Gasteiger partial charge >= 0.3 is 0 Å². The zero-order chi connectivity index (χ0) is 19.8. The summed E-state index contributed by atoms with van der Waals surface area (Å²) in [5, 5.41) is 3.44. The number of hydrogen-bond donors (Lipinski definition) is 1. The summed E-state index contributed by atoms with van der Waals surface area (Å²) < 4.78 is 23.2. The number of anilines is 1. The standard InChI is InChI=1S/C21H29FN4O2/c1-3-16-13-23-21(24-14-16)25-18-6-9-26(10-7-18)15-17-4-5-19(27-2)20(12-17)28-11-8-22/h4-5,12-14,18H,3,6-11,15H2,1-2H3,(H,23,24,25). The maximum atomic E-state index is 12.4. The largest absolute Gasteiger partial charge is 0.493 e. The molecule has 0 saturated carbocycles. The minimum absolute atomic E-state index is 0.0399. The van der Waals surface area contributed by atoms with Gasteiger partial charge < -0.3 is 14.8 Å². The van der Waals surface area contributed by atoms with Gasteiger partial charge in [-0.2, -0.15) is 0 Å². The zero-order valence-corrected chi connectivity index (χ0v) is 16.7. The molecule has 3 rings (SSSR count). The van der Waals surface area contributed by atoms with Crippen molar-refractivity contribution in [3.63, 3.8) is 0 Å². The van der Waals surface area contributed by atoms with Crippen molar-refractivity contribution < 1.29 is 13.9 Å². The molecule has 0 atom stereocenters. The van der Waals surface area contributed by atoms with E-state index in [0.29, 0.717) is 23.5 Å². The second kappa shape index (κ2) is 10.2. The van der Waals surface area contributed by atoms with Crippen LogP contribution in [0.15, 0.2) is 30.6 Å². The molecule has 0 unspecified atom stereocenters. The Morgan fingerprint density at radius 3 is 2.54 bits per heavy atom. The summed E-state index contributed by atoms with van der Waals surface area (Å²) in [4.78, 5) is 11.2. The first-order valence-corrected chi connectivity index (χ1v) is 9.87. The molecule has 1 N–H and O–H groups in total. The van der Waals surface area contributed by atoms with E-state index in [1.807, 2.05) is 30.6 Å². The number of nitrogens with one attached hydrogen (secondary N) is 1. The lowest BCUT2D eigenvalue weighted by Gasteiger charge is -2.32. The molecule has 0 aliphatic carbocycles. The summed E-state index contributed by atoms with van der Waals surface area (Å²) in [6.45, 7) is 4.46. The fourth-order valence-corrected chi connectivity index (χ4v) is 3.37. The molecule has 2 heterocycles. The van der Waals surface area contributed by atoms with Crippen LogP contribution in [0.25, 0.3) is 0 Å². The van der Waals surface area contributed by atoms with Crippen LogP contribution >= 0.6 is 0 Å². The summed E-state index contributed by atoms with van der Waals surface area (Å²) in [5.74, 6) is 1.94. The Morgan fingerprint density at radius 2 is 1.89 bits per heavy atom. The van der Waals surface area contributed by atoms with Gasteiger partial charge in [0.15, 0.2) is 11.5 Å². The van der Waals surface area contributed by atoms with E-state index in [4.69, 9.17) is 9.47 Å². The second-order valence-electron chi connectivity index (χ2n) is 6.99. The smallest absolute Gasteiger partial charge is 0.222 e. The molecule has 0 spiro atoms. The van der Waals surface area contributed by atoms with E-state index >= 15 is 0 Å². The first kappa shape index (κ1) is 20.3. The minimum Gasteiger partial charge on any atom is -0.493 e. The van der Waals surface area contributed by atoms with E-state index < -0.39 is 6.67 Å². The minimum atomic E-state index is -0.515. The molecule has 0 bridgehead atoms. The van der Waals surface area contributed by atoms with Crippen molar-refractivity contribution >= 4 is 5.95 Å². The van der Waals surface area contributed by atoms with Gasteiger partial charge in [0.25, 0.3) is 0 Å². The summed E-state index contributed by atoms with van der Waals surface area (Å²) in [6.07, 6.45) is 6.80. The van der Waals surface area contributed by atoms with Crippen molar-refractivity contribution in [1.82, 2.24) is 14.9 Å². The molecule has 7 heteroatoms. The second-order valence-corrected chi connectivity index (χ2v) is 6.99. The maximum Gasteiger partial charge on any atom is 0.222 e. The van der Waals surface area contributed by atoms with Gasteiger partial charge in [0.2, 0.25) is 5.95 Å². The monoisotopic (exact) mass is 388 g/mol. The SMILES string of the molecule is CCc1cnc(NC2CCN(Cc3ccc(OC)c(OCCF)c3)CC2)nc1. The normalized spacial score (nSPS) is 15.4. The average Bonchev–Trinajstić information content (AvgIpc) is 2.74. The fraction of sp³-hybridized carbons (Fsp3) is 0.524. The number of nitrogens with zero attached hydrogens (tertiary/aromatic N) is 3. The van der Waals surface area contributed by atoms with Crippen LogP contribution < -0.4 is 14.8 Å². The highest BCUT2D eigenvalue weighted by Gasteiger charge is 2.20. The Kier molecular flexibility index (Phi) is 7.42. The van der Waals surface area contributed by atoms with Crippen LogP contribution in [0.5, 0.6) is 11.5 Å². The Bertz CT molecular complexity index is 734. The predicted molar refractivity (Wildman–Crippen MR) is 108 cm³/mol. The Hall–Kier alpha value is -2.41. The molecule has 1 aromatic heterocycles. The molecule has 0 radical (unpaired) electrons. The van der Waals surface area contributed by atoms with Crippen LogP contribution in [-0.2, 0) is 13.0 Å². The molecule has 2 aromatic rings. The third kappa shape index (κ3) is 5.55. The topological polar surface area (TPSA) is 59.5 Å². The van der Waals surface area contributed by atoms with E-state index in [9.17, 15) is 4.39 Å². The molecular weight excluding hydrogens is 359 g/mol. The third-order valence-corrected chi connectivity index (χ3v) is 5.00. The number of aryl methyl sites for hydroxylation is 1. The van der Waals surface area contributed by atoms with Crippen molar-refractivity contribution in [3.05, 3.63) is 41.7 Å². The number of hydrogen-bond acceptors (Lipinski definition) is 6. The van der Waals surface area contributed by atoms with Crippen LogP contribution in [0, 0.1) is 0 Å². The van der Waals surface area contributed by atoms with E-state index in [-0.39, 0.29) is 6.61 Å². The molecular formula is C21H29FN4O2. The Balaban J connectivity index is 1.50. The number of ether oxygens (including phenoxy) is 2. The summed E-state index contributed by atoms with van der Waals surface area (Å²) in [5.41, 5.74) is 2.29. The van der Waals surface area contributed by atoms with Crippen LogP contribution in [-0.4, -0.2) is 54.4 Å². The first-order valence-electron chi connectivity index (χ1n) is 9.87. The number of piperidine rings is 1. The summed E-state index contributed by atoms with van der Waals surface area (Å²) >= 11 is 0. The highest BCUT2D eigenvalue weighted by Crippen LogP contribution is 2.29. The van der Waals surface area contributed by atoms with Gasteiger partial charge in [0, 0.05) is 38.1 Å². The van der Waals surface area contributed by atoms with Crippen molar-refractivity contribution in [2.45, 2.75) is 38.8 Å². The number of halogens is 1. The quantitative estimate of drug-likeness (QED) is 0.710. The Morgan fingerprint density at radius 1 is 1.14 bits per heavy atom. The number of benzene rings is 1. The summed E-state index contributed by atoms with van der Waals surface area (Å²) in [6, 6.07) is 6.26. The maximum absolute atomic E-state index is 12.4. The van der Waals surface area contributed by atoms with Crippen LogP contribution in [0.1, 0.15) is 30.9 Å². The van der Waals surface area contributed by atoms with Gasteiger partial charge in [-0.25, -0.2) is 14.4 Å². The van der Waals surface area contributed by atoms with Gasteiger partial charge in [-0.1, -0.05) is 13.0 Å². The number of likely N-dealkylation sites (tertiary alicyclic amines) is 1. The van der Waals surface area contributed by atoms with E-state index in [1.54, 1.807) is 7.11 Å². The highest BCUT2D eigenvalue weighted by molar-refractivity contribution is 5.43. The van der Waals surface area contributed by atoms with Gasteiger partial charge in [-0.15, -0.1) is 0 Å². The fourth-order valence-electron chi connectivity index (χ4n) is 3.37. The van der Waals surface area contributed by atoms with Crippen molar-refractivity contribution in [3.8, 4) is 11.5 Å². The average molecular weight is 388 g/mol. The van der Waals surface area contributed by atoms with Gasteiger partial charge in [0.1, 0.15) is 13.3 Å². The van der Waals surface area contributed by atoms with Crippen LogP contribution in [0.2, 0.25) is 0 Å².